The van der Waals surface area contributed by atoms with E-state index in [1.54, 1.807) is 6.20 Å². The minimum absolute atomic E-state index is 0.0223. The number of hydrogen-bond acceptors (Lipinski definition) is 9. The van der Waals surface area contributed by atoms with Gasteiger partial charge in [-0.15, -0.1) is 5.10 Å². The Morgan fingerprint density at radius 2 is 2.00 bits per heavy atom. The summed E-state index contributed by atoms with van der Waals surface area (Å²) in [5.41, 5.74) is 3.03. The van der Waals surface area contributed by atoms with Crippen molar-refractivity contribution in [1.29, 1.82) is 0 Å². The second-order valence-corrected chi connectivity index (χ2v) is 9.32. The standard InChI is InChI=1S/C27H31N7O4/c1-4-37-24-12-21(38-20-9-10-36-15-20)11-22-26(24)27(29-16-28-22)31-19-7-5-18(6-8-19)30-25(35)14-34-13-23(17(2)3)32-33-34/h5-8,11-13,16-17,20H,4,9-10,14-15H2,1-3H3,(H,30,35)(H,28,29,31). The van der Waals surface area contributed by atoms with Gasteiger partial charge < -0.3 is 24.8 Å². The fourth-order valence-electron chi connectivity index (χ4n) is 4.14. The summed E-state index contributed by atoms with van der Waals surface area (Å²) in [5.74, 6) is 2.01. The molecule has 11 nitrogen and oxygen atoms in total. The Bertz CT molecular complexity index is 1400. The zero-order valence-corrected chi connectivity index (χ0v) is 21.7. The maximum atomic E-state index is 12.5. The summed E-state index contributed by atoms with van der Waals surface area (Å²) in [6.45, 7) is 7.85. The third kappa shape index (κ3) is 6.00. The third-order valence-corrected chi connectivity index (χ3v) is 6.05. The Morgan fingerprint density at radius 1 is 1.18 bits per heavy atom. The highest BCUT2D eigenvalue weighted by molar-refractivity contribution is 5.97. The summed E-state index contributed by atoms with van der Waals surface area (Å²) < 4.78 is 19.0. The molecule has 1 atom stereocenters. The molecule has 11 heteroatoms. The molecule has 0 saturated carbocycles. The minimum atomic E-state index is -0.184. The van der Waals surface area contributed by atoms with Gasteiger partial charge in [-0.1, -0.05) is 19.1 Å². The molecule has 3 heterocycles. The second-order valence-electron chi connectivity index (χ2n) is 9.32. The summed E-state index contributed by atoms with van der Waals surface area (Å²) in [5, 5.41) is 15.1. The fourth-order valence-corrected chi connectivity index (χ4v) is 4.14. The molecular weight excluding hydrogens is 486 g/mol. The smallest absolute Gasteiger partial charge is 0.246 e. The van der Waals surface area contributed by atoms with Crippen LogP contribution in [0.1, 0.15) is 38.8 Å². The number of fused-ring (bicyclic) bond motifs is 1. The van der Waals surface area contributed by atoms with Crippen LogP contribution < -0.4 is 20.1 Å². The molecule has 0 radical (unpaired) electrons. The largest absolute Gasteiger partial charge is 0.493 e. The Labute approximate surface area is 220 Å². The number of hydrogen-bond donors (Lipinski definition) is 2. The van der Waals surface area contributed by atoms with Crippen molar-refractivity contribution in [2.24, 2.45) is 0 Å². The van der Waals surface area contributed by atoms with Crippen LogP contribution in [0.25, 0.3) is 10.9 Å². The van der Waals surface area contributed by atoms with Crippen LogP contribution in [0.3, 0.4) is 0 Å². The first-order valence-electron chi connectivity index (χ1n) is 12.7. The molecule has 4 aromatic rings. The number of aromatic nitrogens is 5. The maximum Gasteiger partial charge on any atom is 0.246 e. The molecule has 2 aromatic carbocycles. The topological polar surface area (TPSA) is 125 Å². The van der Waals surface area contributed by atoms with E-state index in [1.165, 1.54) is 11.0 Å². The summed E-state index contributed by atoms with van der Waals surface area (Å²) in [7, 11) is 0. The molecule has 1 unspecified atom stereocenters. The molecule has 38 heavy (non-hydrogen) atoms. The van der Waals surface area contributed by atoms with Gasteiger partial charge in [-0.2, -0.15) is 0 Å². The zero-order valence-electron chi connectivity index (χ0n) is 21.7. The molecule has 1 fully saturated rings. The van der Waals surface area contributed by atoms with Gasteiger partial charge in [0.05, 0.1) is 36.4 Å². The predicted octanol–water partition coefficient (Wildman–Crippen LogP) is 4.29. The lowest BCUT2D eigenvalue weighted by Crippen LogP contribution is -2.19. The van der Waals surface area contributed by atoms with E-state index in [2.05, 4.69) is 30.9 Å². The fraction of sp³-hybridized carbons (Fsp3) is 0.370. The first kappa shape index (κ1) is 25.4. The van der Waals surface area contributed by atoms with Crippen molar-refractivity contribution in [3.63, 3.8) is 0 Å². The lowest BCUT2D eigenvalue weighted by atomic mass is 10.2. The van der Waals surface area contributed by atoms with E-state index in [0.29, 0.717) is 48.3 Å². The SMILES string of the molecule is CCOc1cc(OC2CCOC2)cc2ncnc(Nc3ccc(NC(=O)Cn4cc(C(C)C)nn4)cc3)c12. The van der Waals surface area contributed by atoms with Gasteiger partial charge in [-0.25, -0.2) is 14.6 Å². The van der Waals surface area contributed by atoms with Crippen LogP contribution >= 0.6 is 0 Å². The Morgan fingerprint density at radius 3 is 2.71 bits per heavy atom. The van der Waals surface area contributed by atoms with Crippen LogP contribution in [0.4, 0.5) is 17.2 Å². The second kappa shape index (κ2) is 11.4. The molecule has 2 aromatic heterocycles. The van der Waals surface area contributed by atoms with E-state index in [1.807, 2.05) is 57.2 Å². The molecule has 0 bridgehead atoms. The zero-order chi connectivity index (χ0) is 26.5. The molecular formula is C27H31N7O4. The molecule has 1 saturated heterocycles. The highest BCUT2D eigenvalue weighted by atomic mass is 16.5. The lowest BCUT2D eigenvalue weighted by molar-refractivity contribution is -0.116. The highest BCUT2D eigenvalue weighted by Gasteiger charge is 2.20. The highest BCUT2D eigenvalue weighted by Crippen LogP contribution is 2.36. The van der Waals surface area contributed by atoms with Crippen LogP contribution in [0.5, 0.6) is 11.5 Å². The molecule has 0 aliphatic carbocycles. The van der Waals surface area contributed by atoms with E-state index in [4.69, 9.17) is 14.2 Å². The summed E-state index contributed by atoms with van der Waals surface area (Å²) in [6, 6.07) is 11.1. The van der Waals surface area contributed by atoms with E-state index < -0.39 is 0 Å². The summed E-state index contributed by atoms with van der Waals surface area (Å²) in [4.78, 5) is 21.4. The average molecular weight is 518 g/mol. The van der Waals surface area contributed by atoms with Gasteiger partial charge in [-0.05, 0) is 37.1 Å². The quantitative estimate of drug-likeness (QED) is 0.317. The molecule has 5 rings (SSSR count). The summed E-state index contributed by atoms with van der Waals surface area (Å²) in [6.07, 6.45) is 4.17. The molecule has 0 spiro atoms. The van der Waals surface area contributed by atoms with E-state index in [0.717, 1.165) is 23.2 Å². The van der Waals surface area contributed by atoms with Gasteiger partial charge in [0.15, 0.2) is 0 Å². The predicted molar refractivity (Wildman–Crippen MR) is 143 cm³/mol. The van der Waals surface area contributed by atoms with Gasteiger partial charge in [0, 0.05) is 36.1 Å². The van der Waals surface area contributed by atoms with Crippen molar-refractivity contribution >= 4 is 34.0 Å². The van der Waals surface area contributed by atoms with E-state index in [-0.39, 0.29) is 24.5 Å². The van der Waals surface area contributed by atoms with Crippen LogP contribution in [-0.2, 0) is 16.1 Å². The van der Waals surface area contributed by atoms with E-state index in [9.17, 15) is 4.79 Å². The average Bonchev–Trinajstić information content (AvgIpc) is 3.58. The van der Waals surface area contributed by atoms with Crippen LogP contribution in [-0.4, -0.2) is 56.8 Å². The van der Waals surface area contributed by atoms with Crippen LogP contribution in [0, 0.1) is 0 Å². The number of carbonyl (C=O) groups is 1. The molecule has 1 aliphatic heterocycles. The molecule has 1 aliphatic rings. The van der Waals surface area contributed by atoms with Crippen molar-refractivity contribution in [1.82, 2.24) is 25.0 Å². The van der Waals surface area contributed by atoms with Crippen molar-refractivity contribution in [3.05, 3.63) is 54.6 Å². The number of amides is 1. The monoisotopic (exact) mass is 517 g/mol. The van der Waals surface area contributed by atoms with Gasteiger partial charge in [-0.3, -0.25) is 4.79 Å². The minimum Gasteiger partial charge on any atom is -0.493 e. The Kier molecular flexibility index (Phi) is 7.64. The third-order valence-electron chi connectivity index (χ3n) is 6.05. The normalized spacial score (nSPS) is 15.1. The Balaban J connectivity index is 1.29. The number of nitrogens with zero attached hydrogens (tertiary/aromatic N) is 5. The number of ether oxygens (including phenoxy) is 3. The van der Waals surface area contributed by atoms with Crippen molar-refractivity contribution in [3.8, 4) is 11.5 Å². The van der Waals surface area contributed by atoms with Crippen molar-refractivity contribution in [2.45, 2.75) is 45.8 Å². The Hall–Kier alpha value is -4.25. The van der Waals surface area contributed by atoms with Crippen LogP contribution in [0.15, 0.2) is 48.9 Å². The van der Waals surface area contributed by atoms with Crippen molar-refractivity contribution in [2.75, 3.05) is 30.5 Å². The van der Waals surface area contributed by atoms with Crippen LogP contribution in [0.2, 0.25) is 0 Å². The number of anilines is 3. The first-order valence-corrected chi connectivity index (χ1v) is 12.7. The van der Waals surface area contributed by atoms with E-state index >= 15 is 0 Å². The van der Waals surface area contributed by atoms with Gasteiger partial charge in [0.2, 0.25) is 5.91 Å². The lowest BCUT2D eigenvalue weighted by Gasteiger charge is -2.16. The number of nitrogens with one attached hydrogen (secondary N) is 2. The van der Waals surface area contributed by atoms with Crippen molar-refractivity contribution < 1.29 is 19.0 Å². The number of carbonyl (C=O) groups excluding carboxylic acids is 1. The first-order chi connectivity index (χ1) is 18.5. The number of benzene rings is 2. The van der Waals surface area contributed by atoms with Gasteiger partial charge in [0.1, 0.15) is 36.3 Å². The molecule has 198 valence electrons. The molecule has 1 amide bonds. The number of rotatable bonds is 10. The maximum absolute atomic E-state index is 12.5. The summed E-state index contributed by atoms with van der Waals surface area (Å²) >= 11 is 0. The van der Waals surface area contributed by atoms with Gasteiger partial charge >= 0.3 is 0 Å². The van der Waals surface area contributed by atoms with Gasteiger partial charge in [0.25, 0.3) is 0 Å². The molecule has 2 N–H and O–H groups in total.